The Morgan fingerprint density at radius 1 is 0.981 bits per heavy atom. The maximum absolute atomic E-state index is 14.6. The molecule has 2 aliphatic heterocycles. The molecular weight excluding hydrogens is 681 g/mol. The highest BCUT2D eigenvalue weighted by molar-refractivity contribution is 7.82. The van der Waals surface area contributed by atoms with E-state index in [4.69, 9.17) is 0 Å². The number of Topliss-reactive ketones (excluding diaryl/α,β-unsaturated/α-hetero) is 1. The molecule has 5 amide bonds. The number of nitrogens with one attached hydrogen (secondary N) is 4. The molecule has 0 radical (unpaired) electrons. The first-order valence-electron chi connectivity index (χ1n) is 18.4. The van der Waals surface area contributed by atoms with Crippen molar-refractivity contribution in [3.63, 3.8) is 0 Å². The van der Waals surface area contributed by atoms with Crippen molar-refractivity contribution in [2.24, 2.45) is 28.1 Å². The zero-order valence-corrected chi connectivity index (χ0v) is 32.8. The summed E-state index contributed by atoms with van der Waals surface area (Å²) in [5.74, 6) is -2.45. The van der Waals surface area contributed by atoms with Crippen molar-refractivity contribution < 1.29 is 28.2 Å². The number of hydrogen-bond acceptors (Lipinski definition) is 6. The topological polar surface area (TPSA) is 157 Å². The number of rotatable bonds is 13. The molecule has 2 heterocycles. The molecule has 4 N–H and O–H groups in total. The van der Waals surface area contributed by atoms with E-state index in [1.54, 1.807) is 0 Å². The number of nitrogens with zero attached hydrogens (tertiary/aromatic N) is 2. The number of allylic oxidation sites excluding steroid dienone is 1. The Morgan fingerprint density at radius 3 is 2.23 bits per heavy atom. The molecule has 4 aliphatic rings. The molecule has 2 unspecified atom stereocenters. The van der Waals surface area contributed by atoms with Crippen LogP contribution in [0.15, 0.2) is 53.5 Å². The van der Waals surface area contributed by atoms with E-state index in [2.05, 4.69) is 33.9 Å². The zero-order valence-electron chi connectivity index (χ0n) is 31.9. The van der Waals surface area contributed by atoms with E-state index in [1.807, 2.05) is 84.0 Å². The molecule has 284 valence electrons. The summed E-state index contributed by atoms with van der Waals surface area (Å²) in [5.41, 5.74) is 0.427. The molecule has 1 saturated heterocycles. The number of carbonyl (C=O) groups is 5. The first kappa shape index (κ1) is 39.4. The third-order valence-corrected chi connectivity index (χ3v) is 12.5. The quantitative estimate of drug-likeness (QED) is 0.105. The van der Waals surface area contributed by atoms with Gasteiger partial charge in [-0.1, -0.05) is 103 Å². The van der Waals surface area contributed by atoms with Crippen LogP contribution in [0.3, 0.4) is 0 Å². The molecule has 1 saturated carbocycles. The largest absolute Gasteiger partial charge is 0.346 e. The number of urea groups is 1. The molecule has 0 aromatic heterocycles. The van der Waals surface area contributed by atoms with Crippen LogP contribution in [0.5, 0.6) is 0 Å². The fourth-order valence-corrected chi connectivity index (χ4v) is 9.14. The summed E-state index contributed by atoms with van der Waals surface area (Å²) in [5, 5.41) is 11.4. The molecule has 1 aromatic carbocycles. The van der Waals surface area contributed by atoms with E-state index in [9.17, 15) is 28.2 Å². The summed E-state index contributed by atoms with van der Waals surface area (Å²) in [7, 11) is -1.78. The summed E-state index contributed by atoms with van der Waals surface area (Å²) >= 11 is 0. The first-order valence-corrected chi connectivity index (χ1v) is 19.6. The number of benzene rings is 1. The minimum absolute atomic E-state index is 0.127. The van der Waals surface area contributed by atoms with Gasteiger partial charge in [-0.15, -0.1) is 10.9 Å². The Labute approximate surface area is 310 Å². The van der Waals surface area contributed by atoms with Crippen LogP contribution < -0.4 is 21.3 Å². The molecule has 6 atom stereocenters. The molecule has 2 aliphatic carbocycles. The number of carbonyl (C=O) groups excluding carboxylic acids is 5. The van der Waals surface area contributed by atoms with Crippen molar-refractivity contribution in [3.8, 4) is 0 Å². The minimum atomic E-state index is -1.78. The highest BCUT2D eigenvalue weighted by atomic mass is 32.2. The van der Waals surface area contributed by atoms with E-state index in [1.165, 1.54) is 11.0 Å². The van der Waals surface area contributed by atoms with Crippen LogP contribution in [-0.4, -0.2) is 82.5 Å². The van der Waals surface area contributed by atoms with Gasteiger partial charge >= 0.3 is 6.03 Å². The van der Waals surface area contributed by atoms with E-state index < -0.39 is 75.5 Å². The molecule has 1 aromatic rings. The van der Waals surface area contributed by atoms with Crippen LogP contribution in [0.25, 0.3) is 0 Å². The monoisotopic (exact) mass is 737 g/mol. The predicted octanol–water partition coefficient (Wildman–Crippen LogP) is 3.55. The molecular formula is C39H57N6O6S+. The summed E-state index contributed by atoms with van der Waals surface area (Å²) in [6.45, 7) is 20.4. The van der Waals surface area contributed by atoms with Crippen molar-refractivity contribution in [1.29, 1.82) is 0 Å². The number of ketones is 1. The van der Waals surface area contributed by atoms with Gasteiger partial charge in [-0.05, 0) is 40.2 Å². The first-order chi connectivity index (χ1) is 24.2. The fourth-order valence-electron chi connectivity index (χ4n) is 7.64. The zero-order chi connectivity index (χ0) is 38.3. The van der Waals surface area contributed by atoms with E-state index >= 15 is 0 Å². The van der Waals surface area contributed by atoms with Crippen LogP contribution in [0.1, 0.15) is 80.2 Å². The summed E-state index contributed by atoms with van der Waals surface area (Å²) in [6.07, 6.45) is 5.75. The van der Waals surface area contributed by atoms with Crippen molar-refractivity contribution in [2.45, 2.75) is 110 Å². The maximum atomic E-state index is 14.6. The Kier molecular flexibility index (Phi) is 11.3. The number of thiol groups is 1. The third-order valence-electron chi connectivity index (χ3n) is 10.8. The Bertz CT molecular complexity index is 1670. The molecule has 0 bridgehead atoms. The van der Waals surface area contributed by atoms with Gasteiger partial charge in [0.2, 0.25) is 17.6 Å². The minimum Gasteiger partial charge on any atom is -0.346 e. The summed E-state index contributed by atoms with van der Waals surface area (Å²) < 4.78 is 15.2. The van der Waals surface area contributed by atoms with Crippen LogP contribution in [-0.2, 0) is 40.9 Å². The second-order valence-electron chi connectivity index (χ2n) is 17.6. The lowest BCUT2D eigenvalue weighted by Gasteiger charge is -2.42. The Hall–Kier alpha value is -3.84. The smallest absolute Gasteiger partial charge is 0.315 e. The second-order valence-corrected chi connectivity index (χ2v) is 19.2. The fraction of sp³-hybridized carbons (Fsp3) is 0.615. The van der Waals surface area contributed by atoms with Gasteiger partial charge < -0.3 is 26.2 Å². The van der Waals surface area contributed by atoms with Gasteiger partial charge in [-0.25, -0.2) is 4.79 Å². The number of amides is 5. The van der Waals surface area contributed by atoms with Crippen molar-refractivity contribution >= 4 is 40.5 Å². The molecule has 0 spiro atoms. The molecule has 2 fully saturated rings. The van der Waals surface area contributed by atoms with Crippen LogP contribution in [0.2, 0.25) is 0 Å². The van der Waals surface area contributed by atoms with Gasteiger partial charge in [-0.3, -0.25) is 19.2 Å². The van der Waals surface area contributed by atoms with Crippen molar-refractivity contribution in [2.75, 3.05) is 19.6 Å². The van der Waals surface area contributed by atoms with E-state index in [0.29, 0.717) is 19.5 Å². The van der Waals surface area contributed by atoms with Gasteiger partial charge in [0.1, 0.15) is 12.1 Å². The molecule has 12 nitrogen and oxygen atoms in total. The molecule has 5 rings (SSSR count). The lowest BCUT2D eigenvalue weighted by Crippen LogP contribution is -2.62. The lowest BCUT2D eigenvalue weighted by atomic mass is 9.63. The van der Waals surface area contributed by atoms with E-state index in [-0.39, 0.29) is 30.3 Å². The van der Waals surface area contributed by atoms with Crippen LogP contribution in [0, 0.1) is 28.1 Å². The van der Waals surface area contributed by atoms with Gasteiger partial charge in [0, 0.05) is 24.6 Å². The average molecular weight is 738 g/mol. The third kappa shape index (κ3) is 8.51. The van der Waals surface area contributed by atoms with E-state index in [0.717, 1.165) is 28.9 Å². The average Bonchev–Trinajstić information content (AvgIpc) is 3.73. The predicted molar refractivity (Wildman–Crippen MR) is 201 cm³/mol. The molecule has 13 heteroatoms. The number of fused-ring (bicyclic) bond motifs is 2. The van der Waals surface area contributed by atoms with Gasteiger partial charge in [0.25, 0.3) is 5.91 Å². The number of likely N-dealkylation sites (tertiary alicyclic amines) is 1. The highest BCUT2D eigenvalue weighted by Gasteiger charge is 2.57. The second kappa shape index (κ2) is 14.9. The van der Waals surface area contributed by atoms with Crippen molar-refractivity contribution in [1.82, 2.24) is 30.5 Å². The van der Waals surface area contributed by atoms with Crippen LogP contribution >= 0.6 is 0 Å². The van der Waals surface area contributed by atoms with Gasteiger partial charge in [-0.2, -0.15) is 0 Å². The molecule has 52 heavy (non-hydrogen) atoms. The lowest BCUT2D eigenvalue weighted by molar-refractivity contribution is -0.145. The van der Waals surface area contributed by atoms with Crippen molar-refractivity contribution in [3.05, 3.63) is 54.1 Å². The highest BCUT2D eigenvalue weighted by Crippen LogP contribution is 2.52. The summed E-state index contributed by atoms with van der Waals surface area (Å²) in [4.78, 5) is 70.9. The normalized spacial score (nSPS) is 23.9. The Morgan fingerprint density at radius 2 is 1.65 bits per heavy atom. The maximum Gasteiger partial charge on any atom is 0.315 e. The SMILES string of the molecule is C=CCNC(=O)C(=O)C(CC1CC1)NC(=O)[C@@H]1[C@@H]2C(=CC2(C)C)CN1C(=O)[C@@H](NC(=O)N[C@H](CN1Cc2ccccc2[SH+]1=O)C(C)(C)C)C(C)(C)C. The standard InChI is InChI=1S/C39H56N6O6S/c1-10-17-40-34(48)31(46)26(18-23-15-16-23)41-33(47)30-29-25(19-39(29,8)9)21-45(30)35(49)32(38(5,6)7)43-36(50)42-28(37(2,3)4)22-44-20-24-13-11-12-14-27(24)52(44)51/h10-14,19,23,26,28-30,32H,1,15-18,20-22H2,2-9H3,(H,40,48)(H,41,47)(H2,42,43,50)/p+1/t26?,28-,29+,30+,32-,52?/m1/s1. The van der Waals surface area contributed by atoms with Crippen LogP contribution in [0.4, 0.5) is 4.79 Å². The summed E-state index contributed by atoms with van der Waals surface area (Å²) in [6, 6.07) is 3.74. The number of hydrogen-bond donors (Lipinski definition) is 4. The van der Waals surface area contributed by atoms with Gasteiger partial charge in [0.05, 0.1) is 25.2 Å². The van der Waals surface area contributed by atoms with Gasteiger partial charge in [0.15, 0.2) is 15.9 Å². The Balaban J connectivity index is 1.34.